The Morgan fingerprint density at radius 3 is 2.20 bits per heavy atom. The second-order valence-corrected chi connectivity index (χ2v) is 5.48. The van der Waals surface area contributed by atoms with Crippen molar-refractivity contribution in [2.45, 2.75) is 0 Å². The Balaban J connectivity index is 1.60. The summed E-state index contributed by atoms with van der Waals surface area (Å²) in [5, 5.41) is 11.8. The van der Waals surface area contributed by atoms with Gasteiger partial charge in [-0.05, 0) is 35.4 Å². The maximum atomic E-state index is 12.0. The van der Waals surface area contributed by atoms with E-state index in [1.54, 1.807) is 48.5 Å². The summed E-state index contributed by atoms with van der Waals surface area (Å²) in [6, 6.07) is 12.9. The fourth-order valence-corrected chi connectivity index (χ4v) is 2.45. The molecular formula is C18H16N2O5. The smallest absolute Gasteiger partial charge is 0.338 e. The van der Waals surface area contributed by atoms with Gasteiger partial charge in [0.05, 0.1) is 5.56 Å². The minimum absolute atomic E-state index is 0.181. The van der Waals surface area contributed by atoms with Gasteiger partial charge in [0.1, 0.15) is 5.75 Å². The van der Waals surface area contributed by atoms with Gasteiger partial charge in [-0.2, -0.15) is 0 Å². The van der Waals surface area contributed by atoms with E-state index < -0.39 is 24.5 Å². The number of imide groups is 1. The van der Waals surface area contributed by atoms with Crippen LogP contribution < -0.4 is 5.32 Å². The summed E-state index contributed by atoms with van der Waals surface area (Å²) in [4.78, 5) is 36.2. The van der Waals surface area contributed by atoms with Crippen LogP contribution in [0.15, 0.2) is 48.5 Å². The molecule has 0 atom stereocenters. The standard InChI is InChI=1S/C18H16N2O5/c21-15-7-5-13(6-8-15)12-1-3-14(4-2-12)17(23)25-11-16(22)20-10-9-19-18(20)24/h1-8,21H,9-11H2,(H,19,24). The molecule has 1 aliphatic heterocycles. The van der Waals surface area contributed by atoms with E-state index in [0.29, 0.717) is 12.1 Å². The van der Waals surface area contributed by atoms with Gasteiger partial charge in [-0.15, -0.1) is 0 Å². The van der Waals surface area contributed by atoms with Gasteiger partial charge in [0, 0.05) is 13.1 Å². The van der Waals surface area contributed by atoms with Crippen molar-refractivity contribution in [3.05, 3.63) is 54.1 Å². The van der Waals surface area contributed by atoms with E-state index in [-0.39, 0.29) is 12.3 Å². The fraction of sp³-hybridized carbons (Fsp3) is 0.167. The Morgan fingerprint density at radius 2 is 1.64 bits per heavy atom. The number of urea groups is 1. The number of aromatic hydroxyl groups is 1. The van der Waals surface area contributed by atoms with Crippen LogP contribution >= 0.6 is 0 Å². The number of rotatable bonds is 4. The molecule has 0 aliphatic carbocycles. The molecule has 1 fully saturated rings. The molecule has 25 heavy (non-hydrogen) atoms. The summed E-state index contributed by atoms with van der Waals surface area (Å²) in [7, 11) is 0. The predicted octanol–water partition coefficient (Wildman–Crippen LogP) is 1.77. The number of esters is 1. The number of phenolic OH excluding ortho intramolecular Hbond substituents is 1. The lowest BCUT2D eigenvalue weighted by atomic mass is 10.0. The average molecular weight is 340 g/mol. The van der Waals surface area contributed by atoms with Gasteiger partial charge in [-0.3, -0.25) is 9.69 Å². The van der Waals surface area contributed by atoms with E-state index in [2.05, 4.69) is 5.32 Å². The monoisotopic (exact) mass is 340 g/mol. The van der Waals surface area contributed by atoms with Crippen molar-refractivity contribution < 1.29 is 24.2 Å². The zero-order valence-electron chi connectivity index (χ0n) is 13.3. The van der Waals surface area contributed by atoms with Crippen LogP contribution in [0.1, 0.15) is 10.4 Å². The van der Waals surface area contributed by atoms with Crippen LogP contribution in [0.2, 0.25) is 0 Å². The summed E-state index contributed by atoms with van der Waals surface area (Å²) in [5.74, 6) is -1.01. The highest BCUT2D eigenvalue weighted by molar-refractivity contribution is 5.98. The van der Waals surface area contributed by atoms with E-state index in [4.69, 9.17) is 4.74 Å². The van der Waals surface area contributed by atoms with E-state index in [0.717, 1.165) is 16.0 Å². The number of hydrogen-bond donors (Lipinski definition) is 2. The normalized spacial score (nSPS) is 13.4. The van der Waals surface area contributed by atoms with Crippen LogP contribution in [0.5, 0.6) is 5.75 Å². The zero-order chi connectivity index (χ0) is 17.8. The molecule has 1 heterocycles. The number of carbonyl (C=O) groups excluding carboxylic acids is 3. The quantitative estimate of drug-likeness (QED) is 0.827. The lowest BCUT2D eigenvalue weighted by Crippen LogP contribution is -2.37. The first-order valence-electron chi connectivity index (χ1n) is 7.69. The highest BCUT2D eigenvalue weighted by atomic mass is 16.5. The number of hydrogen-bond acceptors (Lipinski definition) is 5. The topological polar surface area (TPSA) is 95.9 Å². The minimum Gasteiger partial charge on any atom is -0.508 e. The van der Waals surface area contributed by atoms with Crippen molar-refractivity contribution in [3.8, 4) is 16.9 Å². The molecule has 7 heteroatoms. The van der Waals surface area contributed by atoms with Crippen LogP contribution in [0, 0.1) is 0 Å². The molecule has 0 saturated carbocycles. The summed E-state index contributed by atoms with van der Waals surface area (Å²) in [5.41, 5.74) is 2.08. The van der Waals surface area contributed by atoms with Crippen LogP contribution in [-0.4, -0.2) is 47.6 Å². The fourth-order valence-electron chi connectivity index (χ4n) is 2.45. The van der Waals surface area contributed by atoms with Crippen molar-refractivity contribution >= 4 is 17.9 Å². The van der Waals surface area contributed by atoms with Gasteiger partial charge in [0.25, 0.3) is 5.91 Å². The average Bonchev–Trinajstić information content (AvgIpc) is 3.06. The first-order chi connectivity index (χ1) is 12.0. The van der Waals surface area contributed by atoms with Gasteiger partial charge in [0.15, 0.2) is 6.61 Å². The number of nitrogens with zero attached hydrogens (tertiary/aromatic N) is 1. The lowest BCUT2D eigenvalue weighted by Gasteiger charge is -2.12. The van der Waals surface area contributed by atoms with Crippen molar-refractivity contribution in [2.75, 3.05) is 19.7 Å². The molecule has 3 rings (SSSR count). The van der Waals surface area contributed by atoms with Gasteiger partial charge in [0.2, 0.25) is 0 Å². The number of benzene rings is 2. The Morgan fingerprint density at radius 1 is 1.04 bits per heavy atom. The van der Waals surface area contributed by atoms with Crippen molar-refractivity contribution in [2.24, 2.45) is 0 Å². The maximum Gasteiger partial charge on any atom is 0.338 e. The molecule has 0 radical (unpaired) electrons. The van der Waals surface area contributed by atoms with Crippen molar-refractivity contribution in [1.82, 2.24) is 10.2 Å². The zero-order valence-corrected chi connectivity index (χ0v) is 13.3. The Kier molecular flexibility index (Phi) is 4.65. The SMILES string of the molecule is O=C(OCC(=O)N1CCNC1=O)c1ccc(-c2ccc(O)cc2)cc1. The Labute approximate surface area is 143 Å². The third kappa shape index (κ3) is 3.77. The van der Waals surface area contributed by atoms with Gasteiger partial charge < -0.3 is 15.2 Å². The Bertz CT molecular complexity index is 799. The largest absolute Gasteiger partial charge is 0.508 e. The van der Waals surface area contributed by atoms with E-state index in [1.165, 1.54) is 0 Å². The molecule has 1 aliphatic rings. The van der Waals surface area contributed by atoms with Crippen LogP contribution in [0.4, 0.5) is 4.79 Å². The molecule has 2 N–H and O–H groups in total. The molecule has 2 aromatic rings. The van der Waals surface area contributed by atoms with Gasteiger partial charge in [-0.1, -0.05) is 24.3 Å². The first-order valence-corrected chi connectivity index (χ1v) is 7.69. The number of carbonyl (C=O) groups is 3. The van der Waals surface area contributed by atoms with E-state index in [9.17, 15) is 19.5 Å². The molecule has 128 valence electrons. The van der Waals surface area contributed by atoms with Crippen molar-refractivity contribution in [3.63, 3.8) is 0 Å². The Hall–Kier alpha value is -3.35. The first kappa shape index (κ1) is 16.5. The molecule has 0 aromatic heterocycles. The maximum absolute atomic E-state index is 12.0. The van der Waals surface area contributed by atoms with Crippen LogP contribution in [0.3, 0.4) is 0 Å². The summed E-state index contributed by atoms with van der Waals surface area (Å²) in [6.07, 6.45) is 0. The molecular weight excluding hydrogens is 324 g/mol. The van der Waals surface area contributed by atoms with E-state index in [1.807, 2.05) is 0 Å². The minimum atomic E-state index is -0.634. The molecule has 0 unspecified atom stereocenters. The molecule has 7 nitrogen and oxygen atoms in total. The lowest BCUT2D eigenvalue weighted by molar-refractivity contribution is -0.130. The molecule has 2 aromatic carbocycles. The molecule has 0 spiro atoms. The third-order valence-electron chi connectivity index (χ3n) is 3.81. The second kappa shape index (κ2) is 7.04. The highest BCUT2D eigenvalue weighted by Crippen LogP contribution is 2.22. The summed E-state index contributed by atoms with van der Waals surface area (Å²) < 4.78 is 4.97. The number of phenols is 1. The third-order valence-corrected chi connectivity index (χ3v) is 3.81. The molecule has 0 bridgehead atoms. The van der Waals surface area contributed by atoms with Crippen LogP contribution in [-0.2, 0) is 9.53 Å². The van der Waals surface area contributed by atoms with Crippen molar-refractivity contribution in [1.29, 1.82) is 0 Å². The summed E-state index contributed by atoms with van der Waals surface area (Å²) >= 11 is 0. The van der Waals surface area contributed by atoms with Crippen LogP contribution in [0.25, 0.3) is 11.1 Å². The van der Waals surface area contributed by atoms with E-state index >= 15 is 0 Å². The van der Waals surface area contributed by atoms with Gasteiger partial charge >= 0.3 is 12.0 Å². The number of amides is 3. The van der Waals surface area contributed by atoms with Gasteiger partial charge in [-0.25, -0.2) is 9.59 Å². The number of ether oxygens (including phenoxy) is 1. The second-order valence-electron chi connectivity index (χ2n) is 5.48. The molecule has 1 saturated heterocycles. The molecule has 3 amide bonds. The predicted molar refractivity (Wildman–Crippen MR) is 88.9 cm³/mol. The summed E-state index contributed by atoms with van der Waals surface area (Å²) in [6.45, 7) is 0.194. The number of nitrogens with one attached hydrogen (secondary N) is 1. The highest BCUT2D eigenvalue weighted by Gasteiger charge is 2.26.